The number of sulfone groups is 1. The van der Waals surface area contributed by atoms with E-state index in [4.69, 9.17) is 4.52 Å². The van der Waals surface area contributed by atoms with Crippen LogP contribution in [0.4, 0.5) is 0 Å². The molecule has 4 rings (SSSR count). The summed E-state index contributed by atoms with van der Waals surface area (Å²) in [7, 11) is -3.04. The first-order chi connectivity index (χ1) is 12.0. The Balaban J connectivity index is 1.53. The fourth-order valence-electron chi connectivity index (χ4n) is 3.77. The molecule has 8 nitrogen and oxygen atoms in total. The number of aromatic nitrogens is 3. The van der Waals surface area contributed by atoms with Crippen LogP contribution < -0.4 is 0 Å². The van der Waals surface area contributed by atoms with E-state index in [1.165, 1.54) is 0 Å². The third-order valence-electron chi connectivity index (χ3n) is 4.91. The van der Waals surface area contributed by atoms with E-state index in [9.17, 15) is 8.42 Å². The van der Waals surface area contributed by atoms with Crippen LogP contribution >= 0.6 is 0 Å². The highest BCUT2D eigenvalue weighted by atomic mass is 32.2. The van der Waals surface area contributed by atoms with Gasteiger partial charge in [0.15, 0.2) is 15.7 Å². The van der Waals surface area contributed by atoms with Crippen LogP contribution in [0.15, 0.2) is 28.9 Å². The number of rotatable bonds is 4. The van der Waals surface area contributed by atoms with Gasteiger partial charge in [-0.25, -0.2) is 8.42 Å². The first kappa shape index (κ1) is 16.6. The average molecular weight is 363 g/mol. The Bertz CT molecular complexity index is 838. The van der Waals surface area contributed by atoms with Gasteiger partial charge in [-0.05, 0) is 19.1 Å². The lowest BCUT2D eigenvalue weighted by molar-refractivity contribution is 0.0289. The fraction of sp³-hybridized carbons (Fsp3) is 0.562. The summed E-state index contributed by atoms with van der Waals surface area (Å²) in [4.78, 5) is 13.0. The number of fused-ring (bicyclic) bond motifs is 1. The van der Waals surface area contributed by atoms with E-state index in [0.29, 0.717) is 24.8 Å². The third kappa shape index (κ3) is 3.58. The van der Waals surface area contributed by atoms with Crippen molar-refractivity contribution in [2.45, 2.75) is 32.1 Å². The van der Waals surface area contributed by atoms with Crippen molar-refractivity contribution in [2.75, 3.05) is 24.6 Å². The van der Waals surface area contributed by atoms with Crippen molar-refractivity contribution in [2.24, 2.45) is 0 Å². The van der Waals surface area contributed by atoms with Crippen molar-refractivity contribution in [3.8, 4) is 0 Å². The maximum atomic E-state index is 12.3. The first-order valence-electron chi connectivity index (χ1n) is 8.38. The Labute approximate surface area is 146 Å². The summed E-state index contributed by atoms with van der Waals surface area (Å²) >= 11 is 0. The molecular formula is C16H21N5O3S. The van der Waals surface area contributed by atoms with E-state index >= 15 is 0 Å². The fourth-order valence-corrected chi connectivity index (χ4v) is 5.81. The van der Waals surface area contributed by atoms with Gasteiger partial charge in [0.05, 0.1) is 23.7 Å². The second-order valence-electron chi connectivity index (χ2n) is 6.71. The molecule has 2 atom stereocenters. The zero-order chi connectivity index (χ0) is 17.4. The molecule has 0 amide bonds. The smallest absolute Gasteiger partial charge is 0.240 e. The van der Waals surface area contributed by atoms with Crippen molar-refractivity contribution in [1.29, 1.82) is 0 Å². The molecule has 2 aliphatic heterocycles. The van der Waals surface area contributed by atoms with E-state index in [-0.39, 0.29) is 23.6 Å². The van der Waals surface area contributed by atoms with Crippen molar-refractivity contribution in [3.63, 3.8) is 0 Å². The standard InChI is InChI=1S/C16H21N5O3S/c1-12-18-16(24-19-12)9-21-7-6-20(8-13-4-2-3-5-17-13)14-10-25(22,23)11-15(14)21/h2-5,14-15H,6-11H2,1H3/t14-,15+/m1/s1. The largest absolute Gasteiger partial charge is 0.338 e. The molecule has 2 fully saturated rings. The van der Waals surface area contributed by atoms with Crippen molar-refractivity contribution in [1.82, 2.24) is 24.9 Å². The Kier molecular flexibility index (Phi) is 4.30. The summed E-state index contributed by atoms with van der Waals surface area (Å²) < 4.78 is 29.8. The second kappa shape index (κ2) is 6.47. The predicted octanol–water partition coefficient (Wildman–Crippen LogP) is 0.256. The molecule has 9 heteroatoms. The van der Waals surface area contributed by atoms with Gasteiger partial charge in [0.25, 0.3) is 0 Å². The summed E-state index contributed by atoms with van der Waals surface area (Å²) in [5.74, 6) is 1.52. The van der Waals surface area contributed by atoms with Crippen LogP contribution in [-0.2, 0) is 22.9 Å². The molecule has 134 valence electrons. The Morgan fingerprint density at radius 3 is 2.48 bits per heavy atom. The molecule has 0 unspecified atom stereocenters. The van der Waals surface area contributed by atoms with Crippen LogP contribution in [0, 0.1) is 6.92 Å². The first-order valence-corrected chi connectivity index (χ1v) is 10.2. The van der Waals surface area contributed by atoms with Crippen molar-refractivity contribution < 1.29 is 12.9 Å². The Hall–Kier alpha value is -1.84. The average Bonchev–Trinajstić information content (AvgIpc) is 3.13. The Morgan fingerprint density at radius 1 is 1.16 bits per heavy atom. The van der Waals surface area contributed by atoms with Gasteiger partial charge in [-0.1, -0.05) is 11.2 Å². The van der Waals surface area contributed by atoms with Gasteiger partial charge in [0, 0.05) is 37.9 Å². The van der Waals surface area contributed by atoms with Gasteiger partial charge in [0.1, 0.15) is 0 Å². The maximum Gasteiger partial charge on any atom is 0.240 e. The SMILES string of the molecule is Cc1noc(CN2CCN(Cc3ccccn3)[C@@H]3CS(=O)(=O)C[C@@H]32)n1. The highest BCUT2D eigenvalue weighted by Gasteiger charge is 2.46. The minimum Gasteiger partial charge on any atom is -0.338 e. The van der Waals surface area contributed by atoms with Crippen LogP contribution in [-0.4, -0.2) is 70.0 Å². The number of pyridine rings is 1. The Morgan fingerprint density at radius 2 is 1.88 bits per heavy atom. The van der Waals surface area contributed by atoms with Crippen LogP contribution in [0.1, 0.15) is 17.4 Å². The lowest BCUT2D eigenvalue weighted by Crippen LogP contribution is -2.58. The lowest BCUT2D eigenvalue weighted by Gasteiger charge is -2.43. The van der Waals surface area contributed by atoms with Gasteiger partial charge >= 0.3 is 0 Å². The van der Waals surface area contributed by atoms with Gasteiger partial charge in [0.2, 0.25) is 5.89 Å². The molecule has 2 aromatic heterocycles. The number of aryl methyl sites for hydroxylation is 1. The molecule has 0 aliphatic carbocycles. The molecule has 0 spiro atoms. The molecule has 2 aliphatic rings. The monoisotopic (exact) mass is 363 g/mol. The number of piperazine rings is 1. The molecule has 2 saturated heterocycles. The quantitative estimate of drug-likeness (QED) is 0.764. The number of nitrogens with zero attached hydrogens (tertiary/aromatic N) is 5. The topological polar surface area (TPSA) is 92.4 Å². The number of hydrogen-bond acceptors (Lipinski definition) is 8. The summed E-state index contributed by atoms with van der Waals surface area (Å²) in [6.45, 7) is 4.51. The van der Waals surface area contributed by atoms with E-state index in [0.717, 1.165) is 18.8 Å². The van der Waals surface area contributed by atoms with Gasteiger partial charge in [-0.2, -0.15) is 4.98 Å². The summed E-state index contributed by atoms with van der Waals surface area (Å²) in [6, 6.07) is 5.75. The zero-order valence-electron chi connectivity index (χ0n) is 14.1. The van der Waals surface area contributed by atoms with E-state index in [1.54, 1.807) is 13.1 Å². The molecule has 2 aromatic rings. The minimum atomic E-state index is -3.04. The zero-order valence-corrected chi connectivity index (χ0v) is 14.9. The summed E-state index contributed by atoms with van der Waals surface area (Å²) in [6.07, 6.45) is 1.77. The minimum absolute atomic E-state index is 0.0234. The van der Waals surface area contributed by atoms with Crippen LogP contribution in [0.2, 0.25) is 0 Å². The summed E-state index contributed by atoms with van der Waals surface area (Å²) in [5, 5.41) is 3.82. The highest BCUT2D eigenvalue weighted by molar-refractivity contribution is 7.91. The van der Waals surface area contributed by atoms with Gasteiger partial charge < -0.3 is 4.52 Å². The maximum absolute atomic E-state index is 12.3. The van der Waals surface area contributed by atoms with Crippen LogP contribution in [0.5, 0.6) is 0 Å². The second-order valence-corrected chi connectivity index (χ2v) is 8.86. The third-order valence-corrected chi connectivity index (χ3v) is 6.60. The highest BCUT2D eigenvalue weighted by Crippen LogP contribution is 2.28. The molecule has 4 heterocycles. The van der Waals surface area contributed by atoms with Crippen LogP contribution in [0.3, 0.4) is 0 Å². The summed E-state index contributed by atoms with van der Waals surface area (Å²) in [5.41, 5.74) is 0.964. The molecular weight excluding hydrogens is 342 g/mol. The number of hydrogen-bond donors (Lipinski definition) is 0. The molecule has 0 N–H and O–H groups in total. The lowest BCUT2D eigenvalue weighted by atomic mass is 10.0. The van der Waals surface area contributed by atoms with Crippen LogP contribution in [0.25, 0.3) is 0 Å². The van der Waals surface area contributed by atoms with Gasteiger partial charge in [-0.3, -0.25) is 14.8 Å². The molecule has 0 saturated carbocycles. The molecule has 0 aromatic carbocycles. The van der Waals surface area contributed by atoms with E-state index in [1.807, 2.05) is 18.2 Å². The predicted molar refractivity (Wildman–Crippen MR) is 90.3 cm³/mol. The molecule has 0 radical (unpaired) electrons. The van der Waals surface area contributed by atoms with Gasteiger partial charge in [-0.15, -0.1) is 0 Å². The molecule has 25 heavy (non-hydrogen) atoms. The molecule has 0 bridgehead atoms. The van der Waals surface area contributed by atoms with Crippen molar-refractivity contribution in [3.05, 3.63) is 41.8 Å². The van der Waals surface area contributed by atoms with E-state index < -0.39 is 9.84 Å². The van der Waals surface area contributed by atoms with Crippen molar-refractivity contribution >= 4 is 9.84 Å². The normalized spacial score (nSPS) is 26.6. The van der Waals surface area contributed by atoms with E-state index in [2.05, 4.69) is 24.9 Å².